The average molecular weight is 281 g/mol. The summed E-state index contributed by atoms with van der Waals surface area (Å²) in [4.78, 5) is 20.9. The number of dihydropyridines is 1. The summed E-state index contributed by atoms with van der Waals surface area (Å²) >= 11 is 0. The minimum Gasteiger partial charge on any atom is -0.466 e. The number of hydrogen-bond donors (Lipinski definition) is 2. The predicted molar refractivity (Wildman–Crippen MR) is 55.6 cm³/mol. The van der Waals surface area contributed by atoms with Crippen LogP contribution >= 0.6 is 0 Å². The maximum Gasteiger partial charge on any atom is 0.406 e. The van der Waals surface area contributed by atoms with E-state index >= 15 is 0 Å². The third-order valence-electron chi connectivity index (χ3n) is 2.49. The van der Waals surface area contributed by atoms with Crippen LogP contribution in [0.1, 0.15) is 6.92 Å². The zero-order valence-corrected chi connectivity index (χ0v) is 9.87. The Morgan fingerprint density at radius 1 is 1.53 bits per heavy atom. The highest BCUT2D eigenvalue weighted by Crippen LogP contribution is 2.41. The first-order valence-corrected chi connectivity index (χ1v) is 4.88. The van der Waals surface area contributed by atoms with Crippen LogP contribution in [0, 0.1) is 16.0 Å². The molecule has 3 N–H and O–H groups in total. The highest BCUT2D eigenvalue weighted by Gasteiger charge is 2.55. The standard InChI is InChI=1S/C9H10F3N3O4/c1-3-4(8(16)19-2)5(9(10,11)12)6(15(17)18)7(13)14-3/h5,14H,13H2,1-2H3. The fourth-order valence-electron chi connectivity index (χ4n) is 1.75. The largest absolute Gasteiger partial charge is 0.466 e. The molecule has 0 fully saturated rings. The van der Waals surface area contributed by atoms with Crippen LogP contribution in [0.5, 0.6) is 0 Å². The third-order valence-corrected chi connectivity index (χ3v) is 2.49. The SMILES string of the molecule is COC(=O)C1=C(C)NC(N)=C([N+](=O)[O-])C1C(F)(F)F. The third kappa shape index (κ3) is 2.61. The lowest BCUT2D eigenvalue weighted by atomic mass is 9.90. The number of esters is 1. The molecule has 0 aromatic heterocycles. The number of carbonyl (C=O) groups excluding carboxylic acids is 1. The van der Waals surface area contributed by atoms with Gasteiger partial charge in [-0.1, -0.05) is 0 Å². The van der Waals surface area contributed by atoms with Gasteiger partial charge in [-0.15, -0.1) is 0 Å². The molecule has 1 unspecified atom stereocenters. The Kier molecular flexibility index (Phi) is 3.73. The number of nitrogens with one attached hydrogen (secondary N) is 1. The van der Waals surface area contributed by atoms with E-state index in [2.05, 4.69) is 10.1 Å². The number of allylic oxidation sites excluding steroid dienone is 2. The maximum atomic E-state index is 13.0. The second-order valence-corrected chi connectivity index (χ2v) is 3.69. The zero-order chi connectivity index (χ0) is 15.0. The molecular formula is C9H10F3N3O4. The molecule has 1 heterocycles. The Hall–Kier alpha value is -2.26. The highest BCUT2D eigenvalue weighted by atomic mass is 19.4. The van der Waals surface area contributed by atoms with Gasteiger partial charge in [0.25, 0.3) is 0 Å². The molecule has 0 saturated carbocycles. The molecule has 19 heavy (non-hydrogen) atoms. The van der Waals surface area contributed by atoms with E-state index < -0.39 is 40.1 Å². The van der Waals surface area contributed by atoms with E-state index in [1.165, 1.54) is 0 Å². The number of halogens is 3. The molecule has 1 atom stereocenters. The minimum absolute atomic E-state index is 0.239. The van der Waals surface area contributed by atoms with Gasteiger partial charge in [-0.25, -0.2) is 4.79 Å². The fraction of sp³-hybridized carbons (Fsp3) is 0.444. The summed E-state index contributed by atoms with van der Waals surface area (Å²) in [6, 6.07) is 0. The summed E-state index contributed by atoms with van der Waals surface area (Å²) in [6.45, 7) is 1.15. The van der Waals surface area contributed by atoms with Crippen LogP contribution in [0.3, 0.4) is 0 Å². The van der Waals surface area contributed by atoms with Crippen molar-refractivity contribution in [1.29, 1.82) is 0 Å². The number of nitro groups is 1. The van der Waals surface area contributed by atoms with Gasteiger partial charge in [-0.05, 0) is 6.92 Å². The Bertz CT molecular complexity index is 495. The predicted octanol–water partition coefficient (Wildman–Crippen LogP) is 0.620. The number of hydrogen-bond acceptors (Lipinski definition) is 6. The number of alkyl halides is 3. The van der Waals surface area contributed by atoms with Crippen molar-refractivity contribution in [2.24, 2.45) is 11.7 Å². The monoisotopic (exact) mass is 281 g/mol. The van der Waals surface area contributed by atoms with Crippen molar-refractivity contribution < 1.29 is 27.6 Å². The Balaban J connectivity index is 3.50. The molecule has 1 rings (SSSR count). The smallest absolute Gasteiger partial charge is 0.406 e. The van der Waals surface area contributed by atoms with Crippen LogP contribution in [0.25, 0.3) is 0 Å². The topological polar surface area (TPSA) is 107 Å². The van der Waals surface area contributed by atoms with Gasteiger partial charge >= 0.3 is 17.8 Å². The van der Waals surface area contributed by atoms with Gasteiger partial charge in [0, 0.05) is 5.70 Å². The lowest BCUT2D eigenvalue weighted by Gasteiger charge is -2.26. The number of carbonyl (C=O) groups is 1. The molecule has 0 bridgehead atoms. The van der Waals surface area contributed by atoms with E-state index in [-0.39, 0.29) is 5.70 Å². The molecule has 106 valence electrons. The first-order valence-electron chi connectivity index (χ1n) is 4.88. The molecule has 7 nitrogen and oxygen atoms in total. The summed E-state index contributed by atoms with van der Waals surface area (Å²) < 4.78 is 43.2. The van der Waals surface area contributed by atoms with Crippen molar-refractivity contribution in [1.82, 2.24) is 5.32 Å². The molecule has 0 aromatic carbocycles. The first kappa shape index (κ1) is 14.8. The van der Waals surface area contributed by atoms with Gasteiger partial charge < -0.3 is 15.8 Å². The molecule has 1 aliphatic heterocycles. The van der Waals surface area contributed by atoms with E-state index in [0.29, 0.717) is 0 Å². The van der Waals surface area contributed by atoms with Crippen LogP contribution in [0.2, 0.25) is 0 Å². The van der Waals surface area contributed by atoms with Crippen LogP contribution < -0.4 is 11.1 Å². The van der Waals surface area contributed by atoms with Gasteiger partial charge in [0.1, 0.15) is 0 Å². The Morgan fingerprint density at radius 2 is 2.05 bits per heavy atom. The molecule has 1 aliphatic rings. The van der Waals surface area contributed by atoms with Gasteiger partial charge in [0.05, 0.1) is 17.6 Å². The van der Waals surface area contributed by atoms with E-state index in [1.807, 2.05) is 0 Å². The van der Waals surface area contributed by atoms with Crippen LogP contribution in [0.15, 0.2) is 22.8 Å². The lowest BCUT2D eigenvalue weighted by molar-refractivity contribution is -0.442. The molecule has 0 aliphatic carbocycles. The number of rotatable bonds is 2. The molecule has 0 radical (unpaired) electrons. The van der Waals surface area contributed by atoms with Crippen LogP contribution in [0.4, 0.5) is 13.2 Å². The molecule has 0 aromatic rings. The summed E-state index contributed by atoms with van der Waals surface area (Å²) in [7, 11) is 0.879. The van der Waals surface area contributed by atoms with Crippen molar-refractivity contribution in [3.63, 3.8) is 0 Å². The summed E-state index contributed by atoms with van der Waals surface area (Å²) in [5.74, 6) is -4.78. The van der Waals surface area contributed by atoms with Crippen molar-refractivity contribution in [3.8, 4) is 0 Å². The van der Waals surface area contributed by atoms with E-state index in [0.717, 1.165) is 14.0 Å². The summed E-state index contributed by atoms with van der Waals surface area (Å²) in [5, 5.41) is 12.9. The Morgan fingerprint density at radius 3 is 2.42 bits per heavy atom. The number of ether oxygens (including phenoxy) is 1. The molecule has 0 saturated heterocycles. The molecule has 0 amide bonds. The summed E-state index contributed by atoms with van der Waals surface area (Å²) in [5.41, 5.74) is 2.76. The number of nitrogens with zero attached hydrogens (tertiary/aromatic N) is 1. The highest BCUT2D eigenvalue weighted by molar-refractivity contribution is 5.91. The summed E-state index contributed by atoms with van der Waals surface area (Å²) in [6.07, 6.45) is -5.04. The van der Waals surface area contributed by atoms with Gasteiger partial charge in [0.15, 0.2) is 11.7 Å². The quantitative estimate of drug-likeness (QED) is 0.436. The van der Waals surface area contributed by atoms with Crippen molar-refractivity contribution in [2.45, 2.75) is 13.1 Å². The van der Waals surface area contributed by atoms with E-state index in [4.69, 9.17) is 5.73 Å². The number of methoxy groups -OCH3 is 1. The van der Waals surface area contributed by atoms with Crippen molar-refractivity contribution in [3.05, 3.63) is 32.9 Å². The molecule has 10 heteroatoms. The van der Waals surface area contributed by atoms with E-state index in [1.54, 1.807) is 0 Å². The van der Waals surface area contributed by atoms with Crippen molar-refractivity contribution in [2.75, 3.05) is 7.11 Å². The Labute approximate surface area is 105 Å². The van der Waals surface area contributed by atoms with Gasteiger partial charge in [-0.3, -0.25) is 10.1 Å². The van der Waals surface area contributed by atoms with Crippen molar-refractivity contribution >= 4 is 5.97 Å². The zero-order valence-electron chi connectivity index (χ0n) is 9.87. The normalized spacial score (nSPS) is 20.2. The number of nitrogens with two attached hydrogens (primary N) is 1. The van der Waals surface area contributed by atoms with Crippen LogP contribution in [-0.4, -0.2) is 24.2 Å². The maximum absolute atomic E-state index is 13.0. The van der Waals surface area contributed by atoms with Gasteiger partial charge in [-0.2, -0.15) is 13.2 Å². The van der Waals surface area contributed by atoms with E-state index in [9.17, 15) is 28.1 Å². The molecule has 0 spiro atoms. The average Bonchev–Trinajstić information content (AvgIpc) is 2.25. The second kappa shape index (κ2) is 4.78. The lowest BCUT2D eigenvalue weighted by Crippen LogP contribution is -2.42. The first-order chi connectivity index (χ1) is 8.61. The van der Waals surface area contributed by atoms with Gasteiger partial charge in [0.2, 0.25) is 0 Å². The minimum atomic E-state index is -5.04. The second-order valence-electron chi connectivity index (χ2n) is 3.69. The fourth-order valence-corrected chi connectivity index (χ4v) is 1.75. The van der Waals surface area contributed by atoms with Crippen LogP contribution in [-0.2, 0) is 9.53 Å². The molecular weight excluding hydrogens is 271 g/mol.